The standard InChI is InChI=1S/C4H4ClN3O/c5-3-9-4-1-2-6-8-7-4/h1-2H,3H2. The molecule has 9 heavy (non-hydrogen) atoms. The Kier molecular flexibility index (Phi) is 2.21. The molecular weight excluding hydrogens is 142 g/mol. The Hall–Kier alpha value is -0.900. The Labute approximate surface area is 56.8 Å². The van der Waals surface area contributed by atoms with E-state index in [0.29, 0.717) is 5.88 Å². The fourth-order valence-corrected chi connectivity index (χ4v) is 0.475. The van der Waals surface area contributed by atoms with Crippen molar-refractivity contribution in [2.75, 3.05) is 6.07 Å². The Balaban J connectivity index is 2.61. The van der Waals surface area contributed by atoms with E-state index < -0.39 is 0 Å². The van der Waals surface area contributed by atoms with Gasteiger partial charge in [-0.2, -0.15) is 0 Å². The summed E-state index contributed by atoms with van der Waals surface area (Å²) in [6, 6.07) is 1.66. The van der Waals surface area contributed by atoms with Crippen LogP contribution < -0.4 is 4.74 Å². The summed E-state index contributed by atoms with van der Waals surface area (Å²) in [4.78, 5) is 0. The third-order valence-electron chi connectivity index (χ3n) is 0.681. The molecule has 1 aromatic heterocycles. The maximum absolute atomic E-state index is 5.23. The van der Waals surface area contributed by atoms with Gasteiger partial charge in [0.25, 0.3) is 0 Å². The fourth-order valence-electron chi connectivity index (χ4n) is 0.363. The first-order chi connectivity index (χ1) is 4.43. The molecule has 0 bridgehead atoms. The zero-order valence-corrected chi connectivity index (χ0v) is 5.25. The van der Waals surface area contributed by atoms with Gasteiger partial charge in [0.2, 0.25) is 5.88 Å². The summed E-state index contributed by atoms with van der Waals surface area (Å²) in [6.45, 7) is 0. The fraction of sp³-hybridized carbons (Fsp3) is 0.250. The summed E-state index contributed by atoms with van der Waals surface area (Å²) < 4.78 is 4.76. The van der Waals surface area contributed by atoms with Crippen molar-refractivity contribution in [2.24, 2.45) is 0 Å². The summed E-state index contributed by atoms with van der Waals surface area (Å²) in [5.41, 5.74) is 0. The summed E-state index contributed by atoms with van der Waals surface area (Å²) in [5.74, 6) is 0.389. The van der Waals surface area contributed by atoms with Gasteiger partial charge in [-0.15, -0.1) is 5.10 Å². The molecule has 0 aliphatic carbocycles. The highest BCUT2D eigenvalue weighted by molar-refractivity contribution is 6.17. The minimum atomic E-state index is 0.0820. The summed E-state index contributed by atoms with van der Waals surface area (Å²) in [5, 5.41) is 10.3. The van der Waals surface area contributed by atoms with Crippen LogP contribution in [0.1, 0.15) is 0 Å². The number of halogens is 1. The molecule has 0 aromatic carbocycles. The molecule has 4 nitrogen and oxygen atoms in total. The summed E-state index contributed by atoms with van der Waals surface area (Å²) >= 11 is 5.23. The van der Waals surface area contributed by atoms with Gasteiger partial charge in [0.1, 0.15) is 0 Å². The van der Waals surface area contributed by atoms with Gasteiger partial charge in [0.05, 0.1) is 6.20 Å². The van der Waals surface area contributed by atoms with Crippen molar-refractivity contribution in [3.63, 3.8) is 0 Å². The molecule has 0 aliphatic heterocycles. The molecule has 0 atom stereocenters. The summed E-state index contributed by atoms with van der Waals surface area (Å²) in [7, 11) is 0. The molecule has 0 saturated carbocycles. The van der Waals surface area contributed by atoms with Gasteiger partial charge in [-0.05, 0) is 5.21 Å². The molecule has 48 valence electrons. The van der Waals surface area contributed by atoms with E-state index in [0.717, 1.165) is 0 Å². The van der Waals surface area contributed by atoms with Crippen LogP contribution in [0.4, 0.5) is 0 Å². The van der Waals surface area contributed by atoms with Crippen molar-refractivity contribution in [1.29, 1.82) is 0 Å². The summed E-state index contributed by atoms with van der Waals surface area (Å²) in [6.07, 6.45) is 1.48. The topological polar surface area (TPSA) is 47.9 Å². The largest absolute Gasteiger partial charge is 0.460 e. The zero-order valence-electron chi connectivity index (χ0n) is 4.49. The molecular formula is C4H4ClN3O. The number of aromatic nitrogens is 3. The SMILES string of the molecule is ClCOc1ccnnn1. The van der Waals surface area contributed by atoms with Crippen molar-refractivity contribution in [3.05, 3.63) is 12.3 Å². The monoisotopic (exact) mass is 145 g/mol. The van der Waals surface area contributed by atoms with Crippen molar-refractivity contribution in [1.82, 2.24) is 15.4 Å². The first-order valence-corrected chi connectivity index (χ1v) is 2.80. The molecule has 0 spiro atoms. The molecule has 0 fully saturated rings. The molecule has 0 amide bonds. The highest BCUT2D eigenvalue weighted by Gasteiger charge is 1.88. The van der Waals surface area contributed by atoms with E-state index in [4.69, 9.17) is 16.3 Å². The number of hydrogen-bond donors (Lipinski definition) is 0. The normalized spacial score (nSPS) is 9.00. The van der Waals surface area contributed by atoms with Gasteiger partial charge in [-0.25, -0.2) is 0 Å². The van der Waals surface area contributed by atoms with Gasteiger partial charge in [0.15, 0.2) is 6.07 Å². The Morgan fingerprint density at radius 1 is 1.67 bits per heavy atom. The van der Waals surface area contributed by atoms with Crippen molar-refractivity contribution < 1.29 is 4.74 Å². The minimum absolute atomic E-state index is 0.0820. The lowest BCUT2D eigenvalue weighted by atomic mass is 10.7. The van der Waals surface area contributed by atoms with Crippen LogP contribution in [0.5, 0.6) is 5.88 Å². The Morgan fingerprint density at radius 2 is 2.56 bits per heavy atom. The second-order valence-electron chi connectivity index (χ2n) is 1.21. The average Bonchev–Trinajstić information content (AvgIpc) is 1.91. The lowest BCUT2D eigenvalue weighted by molar-refractivity contribution is 0.364. The highest BCUT2D eigenvalue weighted by Crippen LogP contribution is 1.99. The van der Waals surface area contributed by atoms with E-state index in [2.05, 4.69) is 15.4 Å². The predicted octanol–water partition coefficient (Wildman–Crippen LogP) is 0.447. The van der Waals surface area contributed by atoms with Crippen molar-refractivity contribution >= 4 is 11.6 Å². The molecule has 5 heteroatoms. The van der Waals surface area contributed by atoms with Crippen LogP contribution in [0.15, 0.2) is 12.3 Å². The van der Waals surface area contributed by atoms with Crippen LogP contribution in [0.2, 0.25) is 0 Å². The maximum atomic E-state index is 5.23. The van der Waals surface area contributed by atoms with Crippen LogP contribution in [-0.4, -0.2) is 21.5 Å². The molecule has 1 heterocycles. The minimum Gasteiger partial charge on any atom is -0.460 e. The maximum Gasteiger partial charge on any atom is 0.237 e. The molecule has 1 aromatic rings. The van der Waals surface area contributed by atoms with E-state index >= 15 is 0 Å². The van der Waals surface area contributed by atoms with Crippen LogP contribution in [0, 0.1) is 0 Å². The smallest absolute Gasteiger partial charge is 0.237 e. The third-order valence-corrected chi connectivity index (χ3v) is 0.790. The lowest BCUT2D eigenvalue weighted by Crippen LogP contribution is -1.94. The molecule has 1 rings (SSSR count). The second-order valence-corrected chi connectivity index (χ2v) is 1.43. The van der Waals surface area contributed by atoms with Gasteiger partial charge in [0, 0.05) is 6.07 Å². The van der Waals surface area contributed by atoms with Crippen LogP contribution >= 0.6 is 11.6 Å². The van der Waals surface area contributed by atoms with E-state index in [1.165, 1.54) is 6.20 Å². The van der Waals surface area contributed by atoms with E-state index in [1.54, 1.807) is 6.07 Å². The second kappa shape index (κ2) is 3.19. The van der Waals surface area contributed by atoms with Crippen LogP contribution in [0.3, 0.4) is 0 Å². The number of rotatable bonds is 2. The van der Waals surface area contributed by atoms with E-state index in [-0.39, 0.29) is 6.07 Å². The molecule has 0 unspecified atom stereocenters. The average molecular weight is 146 g/mol. The van der Waals surface area contributed by atoms with Gasteiger partial charge >= 0.3 is 0 Å². The molecule has 0 N–H and O–H groups in total. The third kappa shape index (κ3) is 1.81. The zero-order chi connectivity index (χ0) is 6.53. The van der Waals surface area contributed by atoms with Crippen LogP contribution in [-0.2, 0) is 0 Å². The Bertz CT molecular complexity index is 169. The predicted molar refractivity (Wildman–Crippen MR) is 31.2 cm³/mol. The van der Waals surface area contributed by atoms with Crippen molar-refractivity contribution in [2.45, 2.75) is 0 Å². The molecule has 0 aliphatic rings. The first kappa shape index (κ1) is 6.22. The Morgan fingerprint density at radius 3 is 3.11 bits per heavy atom. The van der Waals surface area contributed by atoms with Crippen LogP contribution in [0.25, 0.3) is 0 Å². The van der Waals surface area contributed by atoms with E-state index in [9.17, 15) is 0 Å². The molecule has 0 saturated heterocycles. The van der Waals surface area contributed by atoms with Gasteiger partial charge in [-0.3, -0.25) is 0 Å². The number of alkyl halides is 1. The van der Waals surface area contributed by atoms with Gasteiger partial charge in [-0.1, -0.05) is 16.7 Å². The van der Waals surface area contributed by atoms with Crippen molar-refractivity contribution in [3.8, 4) is 5.88 Å². The van der Waals surface area contributed by atoms with E-state index in [1.807, 2.05) is 0 Å². The first-order valence-electron chi connectivity index (χ1n) is 2.26. The quantitative estimate of drug-likeness (QED) is 0.567. The lowest BCUT2D eigenvalue weighted by Gasteiger charge is -1.94. The number of nitrogens with zero attached hydrogens (tertiary/aromatic N) is 3. The number of hydrogen-bond acceptors (Lipinski definition) is 4. The number of ether oxygens (including phenoxy) is 1. The highest BCUT2D eigenvalue weighted by atomic mass is 35.5. The van der Waals surface area contributed by atoms with Gasteiger partial charge < -0.3 is 4.74 Å². The molecule has 0 radical (unpaired) electrons.